The fourth-order valence-electron chi connectivity index (χ4n) is 1.73. The van der Waals surface area contributed by atoms with Gasteiger partial charge in [-0.3, -0.25) is 9.89 Å². The summed E-state index contributed by atoms with van der Waals surface area (Å²) in [5.41, 5.74) is 0.623. The van der Waals surface area contributed by atoms with Crippen molar-refractivity contribution in [1.82, 2.24) is 15.2 Å². The van der Waals surface area contributed by atoms with Crippen LogP contribution in [-0.4, -0.2) is 26.8 Å². The van der Waals surface area contributed by atoms with Crippen molar-refractivity contribution in [1.29, 1.82) is 0 Å². The number of H-pyrrole nitrogens is 1. The van der Waals surface area contributed by atoms with Gasteiger partial charge in [0.05, 0.1) is 5.69 Å². The molecule has 1 amide bonds. The van der Waals surface area contributed by atoms with E-state index in [1.54, 1.807) is 11.8 Å². The van der Waals surface area contributed by atoms with Gasteiger partial charge in [0.1, 0.15) is 5.82 Å². The largest absolute Gasteiger partial charge is 0.318 e. The predicted molar refractivity (Wildman–Crippen MR) is 85.9 cm³/mol. The fourth-order valence-corrected chi connectivity index (χ4v) is 2.49. The number of aromatic amines is 1. The lowest BCUT2D eigenvalue weighted by atomic mass is 9.96. The van der Waals surface area contributed by atoms with E-state index in [0.29, 0.717) is 5.82 Å². The molecule has 0 spiro atoms. The van der Waals surface area contributed by atoms with E-state index in [4.69, 9.17) is 0 Å². The molecule has 0 aliphatic heterocycles. The monoisotopic (exact) mass is 304 g/mol. The second kappa shape index (κ2) is 6.30. The summed E-state index contributed by atoms with van der Waals surface area (Å²) in [6.45, 7) is 8.13. The van der Waals surface area contributed by atoms with E-state index in [0.717, 1.165) is 16.3 Å². The zero-order chi connectivity index (χ0) is 15.5. The number of anilines is 1. The van der Waals surface area contributed by atoms with E-state index in [1.165, 1.54) is 0 Å². The number of hydrogen-bond donors (Lipinski definition) is 2. The van der Waals surface area contributed by atoms with Crippen molar-refractivity contribution in [3.8, 4) is 0 Å². The Morgan fingerprint density at radius 2 is 2.05 bits per heavy atom. The number of rotatable bonds is 4. The summed E-state index contributed by atoms with van der Waals surface area (Å²) in [6, 6.07) is 7.72. The second-order valence-corrected chi connectivity index (χ2v) is 6.95. The Balaban J connectivity index is 2.17. The van der Waals surface area contributed by atoms with Crippen LogP contribution in [0.15, 0.2) is 29.2 Å². The number of para-hydroxylation sites is 1. The van der Waals surface area contributed by atoms with Crippen LogP contribution in [0.3, 0.4) is 0 Å². The minimum Gasteiger partial charge on any atom is -0.318 e. The molecule has 0 aliphatic rings. The van der Waals surface area contributed by atoms with Crippen molar-refractivity contribution < 1.29 is 4.79 Å². The average molecular weight is 304 g/mol. The molecule has 2 rings (SSSR count). The van der Waals surface area contributed by atoms with Crippen LogP contribution in [0.25, 0.3) is 0 Å². The minimum absolute atomic E-state index is 0.163. The van der Waals surface area contributed by atoms with Crippen LogP contribution in [0, 0.1) is 0 Å². The molecule has 2 N–H and O–H groups in total. The summed E-state index contributed by atoms with van der Waals surface area (Å²) in [5.74, 6) is 1.51. The summed E-state index contributed by atoms with van der Waals surface area (Å²) in [6.07, 6.45) is 0. The van der Waals surface area contributed by atoms with Crippen molar-refractivity contribution in [2.75, 3.05) is 11.1 Å². The number of amides is 1. The summed E-state index contributed by atoms with van der Waals surface area (Å²) >= 11 is 1.69. The molecule has 0 radical (unpaired) electrons. The maximum absolute atomic E-state index is 12.2. The highest BCUT2D eigenvalue weighted by Gasteiger charge is 2.21. The van der Waals surface area contributed by atoms with E-state index >= 15 is 0 Å². The molecule has 0 bridgehead atoms. The second-order valence-electron chi connectivity index (χ2n) is 5.64. The summed E-state index contributed by atoms with van der Waals surface area (Å²) in [5, 5.41) is 9.70. The smallest absolute Gasteiger partial charge is 0.295 e. The molecule has 2 aromatic rings. The first-order valence-electron chi connectivity index (χ1n) is 6.88. The van der Waals surface area contributed by atoms with Gasteiger partial charge in [0, 0.05) is 10.3 Å². The molecule has 0 fully saturated rings. The average Bonchev–Trinajstić information content (AvgIpc) is 2.91. The van der Waals surface area contributed by atoms with Gasteiger partial charge in [-0.05, 0) is 17.9 Å². The molecule has 5 nitrogen and oxygen atoms in total. The maximum atomic E-state index is 12.2. The standard InChI is InChI=1S/C15H20N4OS/c1-5-21-11-9-7-6-8-10(11)16-13(20)12-17-14(19-18-12)15(2,3)4/h6-9H,5H2,1-4H3,(H,16,20)(H,17,18,19). The molecule has 0 unspecified atom stereocenters. The van der Waals surface area contributed by atoms with Crippen molar-refractivity contribution in [2.45, 2.75) is 38.0 Å². The molecule has 21 heavy (non-hydrogen) atoms. The van der Waals surface area contributed by atoms with Gasteiger partial charge in [-0.1, -0.05) is 39.8 Å². The van der Waals surface area contributed by atoms with Crippen LogP contribution in [0.2, 0.25) is 0 Å². The third-order valence-electron chi connectivity index (χ3n) is 2.83. The topological polar surface area (TPSA) is 70.7 Å². The van der Waals surface area contributed by atoms with Crippen LogP contribution < -0.4 is 5.32 Å². The van der Waals surface area contributed by atoms with Crippen molar-refractivity contribution in [2.24, 2.45) is 0 Å². The lowest BCUT2D eigenvalue weighted by Crippen LogP contribution is -2.16. The molecule has 0 saturated carbocycles. The van der Waals surface area contributed by atoms with Gasteiger partial charge in [-0.25, -0.2) is 4.98 Å². The van der Waals surface area contributed by atoms with E-state index in [-0.39, 0.29) is 17.1 Å². The highest BCUT2D eigenvalue weighted by molar-refractivity contribution is 7.99. The number of carbonyl (C=O) groups is 1. The van der Waals surface area contributed by atoms with Gasteiger partial charge >= 0.3 is 0 Å². The minimum atomic E-state index is -0.300. The third kappa shape index (κ3) is 3.85. The first kappa shape index (κ1) is 15.6. The van der Waals surface area contributed by atoms with Crippen molar-refractivity contribution in [3.63, 3.8) is 0 Å². The van der Waals surface area contributed by atoms with E-state index in [9.17, 15) is 4.79 Å². The number of thioether (sulfide) groups is 1. The summed E-state index contributed by atoms with van der Waals surface area (Å²) in [7, 11) is 0. The number of carbonyl (C=O) groups excluding carboxylic acids is 1. The Morgan fingerprint density at radius 3 is 2.67 bits per heavy atom. The van der Waals surface area contributed by atoms with Crippen LogP contribution in [0.5, 0.6) is 0 Å². The van der Waals surface area contributed by atoms with Crippen molar-refractivity contribution >= 4 is 23.4 Å². The quantitative estimate of drug-likeness (QED) is 0.849. The predicted octanol–water partition coefficient (Wildman–Crippen LogP) is 3.47. The molecule has 0 atom stereocenters. The highest BCUT2D eigenvalue weighted by atomic mass is 32.2. The summed E-state index contributed by atoms with van der Waals surface area (Å²) < 4.78 is 0. The van der Waals surface area contributed by atoms with Crippen LogP contribution in [-0.2, 0) is 5.41 Å². The Morgan fingerprint density at radius 1 is 1.33 bits per heavy atom. The molecule has 112 valence electrons. The highest BCUT2D eigenvalue weighted by Crippen LogP contribution is 2.27. The lowest BCUT2D eigenvalue weighted by Gasteiger charge is -2.12. The molecular weight excluding hydrogens is 284 g/mol. The lowest BCUT2D eigenvalue weighted by molar-refractivity contribution is 0.101. The molecule has 0 saturated heterocycles. The maximum Gasteiger partial charge on any atom is 0.295 e. The number of nitrogens with one attached hydrogen (secondary N) is 2. The van der Waals surface area contributed by atoms with Gasteiger partial charge in [-0.15, -0.1) is 16.9 Å². The molecule has 1 heterocycles. The van der Waals surface area contributed by atoms with Crippen LogP contribution in [0.4, 0.5) is 5.69 Å². The normalized spacial score (nSPS) is 11.4. The molecule has 0 aliphatic carbocycles. The molecule has 6 heteroatoms. The molecule has 1 aromatic heterocycles. The van der Waals surface area contributed by atoms with E-state index in [2.05, 4.69) is 27.4 Å². The Labute approximate surface area is 128 Å². The van der Waals surface area contributed by atoms with Gasteiger partial charge in [-0.2, -0.15) is 0 Å². The number of hydrogen-bond acceptors (Lipinski definition) is 4. The third-order valence-corrected chi connectivity index (χ3v) is 3.79. The zero-order valence-corrected chi connectivity index (χ0v) is 13.5. The van der Waals surface area contributed by atoms with Gasteiger partial charge in [0.2, 0.25) is 5.82 Å². The number of benzene rings is 1. The number of nitrogens with zero attached hydrogens (tertiary/aromatic N) is 2. The number of aromatic nitrogens is 3. The SMILES string of the molecule is CCSc1ccccc1NC(=O)c1n[nH]c(C(C)(C)C)n1. The van der Waals surface area contributed by atoms with Crippen LogP contribution in [0.1, 0.15) is 44.1 Å². The van der Waals surface area contributed by atoms with Gasteiger partial charge < -0.3 is 5.32 Å². The Kier molecular flexibility index (Phi) is 4.67. The molecular formula is C15H20N4OS. The van der Waals surface area contributed by atoms with Crippen LogP contribution >= 0.6 is 11.8 Å². The summed E-state index contributed by atoms with van der Waals surface area (Å²) in [4.78, 5) is 17.6. The van der Waals surface area contributed by atoms with Crippen molar-refractivity contribution in [3.05, 3.63) is 35.9 Å². The molecule has 1 aromatic carbocycles. The van der Waals surface area contributed by atoms with Gasteiger partial charge in [0.25, 0.3) is 5.91 Å². The van der Waals surface area contributed by atoms with E-state index in [1.807, 2.05) is 45.0 Å². The van der Waals surface area contributed by atoms with Gasteiger partial charge in [0.15, 0.2) is 0 Å². The van der Waals surface area contributed by atoms with E-state index < -0.39 is 0 Å². The Hall–Kier alpha value is -1.82. The first-order chi connectivity index (χ1) is 9.91. The fraction of sp³-hybridized carbons (Fsp3) is 0.400. The zero-order valence-electron chi connectivity index (χ0n) is 12.7. The first-order valence-corrected chi connectivity index (χ1v) is 7.86. The Bertz CT molecular complexity index is 631.